The summed E-state index contributed by atoms with van der Waals surface area (Å²) in [6, 6.07) is 20.1. The minimum absolute atomic E-state index is 0.0158. The lowest BCUT2D eigenvalue weighted by Crippen LogP contribution is -2.08. The molecule has 5 aromatic rings. The van der Waals surface area contributed by atoms with Gasteiger partial charge in [-0.3, -0.25) is 4.79 Å². The highest BCUT2D eigenvalue weighted by Gasteiger charge is 2.23. The van der Waals surface area contributed by atoms with Crippen molar-refractivity contribution in [2.75, 3.05) is 18.5 Å². The van der Waals surface area contributed by atoms with Crippen LogP contribution in [-0.4, -0.2) is 39.2 Å². The average Bonchev–Trinajstić information content (AvgIpc) is 3.52. The van der Waals surface area contributed by atoms with Crippen LogP contribution in [0.3, 0.4) is 0 Å². The smallest absolute Gasteiger partial charge is 0.304 e. The minimum atomic E-state index is -0.824. The Morgan fingerprint density at radius 1 is 1.03 bits per heavy atom. The van der Waals surface area contributed by atoms with E-state index in [0.29, 0.717) is 6.61 Å². The first-order valence-corrected chi connectivity index (χ1v) is 11.4. The molecule has 0 fully saturated rings. The molecule has 0 aliphatic heterocycles. The van der Waals surface area contributed by atoms with Gasteiger partial charge in [0, 0.05) is 48.0 Å². The lowest BCUT2D eigenvalue weighted by atomic mass is 9.85. The van der Waals surface area contributed by atoms with Crippen LogP contribution in [-0.2, 0) is 4.79 Å². The highest BCUT2D eigenvalue weighted by atomic mass is 16.5. The molecule has 1 unspecified atom stereocenters. The fraction of sp³-hybridized carbons (Fsp3) is 0.185. The molecule has 7 nitrogen and oxygen atoms in total. The third-order valence-corrected chi connectivity index (χ3v) is 6.02. The molecule has 0 saturated heterocycles. The predicted octanol–water partition coefficient (Wildman–Crippen LogP) is 5.53. The molecule has 2 aromatic heterocycles. The summed E-state index contributed by atoms with van der Waals surface area (Å²) in [6.45, 7) is 1.33. The number of benzene rings is 3. The molecule has 1 atom stereocenters. The second-order valence-electron chi connectivity index (χ2n) is 8.24. The summed E-state index contributed by atoms with van der Waals surface area (Å²) < 4.78 is 5.93. The van der Waals surface area contributed by atoms with Crippen molar-refractivity contribution in [3.8, 4) is 5.75 Å². The number of imidazole rings is 1. The van der Waals surface area contributed by atoms with E-state index in [-0.39, 0.29) is 12.3 Å². The summed E-state index contributed by atoms with van der Waals surface area (Å²) in [5.74, 6) is 0.438. The van der Waals surface area contributed by atoms with Gasteiger partial charge in [-0.2, -0.15) is 0 Å². The fourth-order valence-corrected chi connectivity index (χ4v) is 4.45. The van der Waals surface area contributed by atoms with Crippen molar-refractivity contribution in [1.82, 2.24) is 15.0 Å². The zero-order valence-corrected chi connectivity index (χ0v) is 18.6. The molecule has 0 saturated carbocycles. The molecule has 7 heteroatoms. The average molecular weight is 455 g/mol. The third-order valence-electron chi connectivity index (χ3n) is 6.02. The molecule has 172 valence electrons. The first kappa shape index (κ1) is 21.6. The van der Waals surface area contributed by atoms with Crippen molar-refractivity contribution >= 4 is 33.6 Å². The number of hydrogen-bond acceptors (Lipinski definition) is 4. The maximum absolute atomic E-state index is 11.8. The summed E-state index contributed by atoms with van der Waals surface area (Å²) in [5.41, 5.74) is 2.92. The van der Waals surface area contributed by atoms with E-state index in [9.17, 15) is 9.90 Å². The standard InChI is InChI=1S/C27H26N4O3/c32-26(33)16-23(21-8-3-6-18-5-1-2-7-20(18)21)24-17-31-25-15-19(9-10-22(24)25)34-14-4-11-28-27-29-12-13-30-27/h1-3,5-10,12-13,15,17,23,31H,4,11,14,16H2,(H,32,33)(H2,28,29,30). The van der Waals surface area contributed by atoms with Crippen LogP contribution in [0, 0.1) is 0 Å². The van der Waals surface area contributed by atoms with E-state index in [1.165, 1.54) is 0 Å². The molecule has 0 radical (unpaired) electrons. The Morgan fingerprint density at radius 2 is 1.91 bits per heavy atom. The third kappa shape index (κ3) is 4.59. The van der Waals surface area contributed by atoms with Gasteiger partial charge in [0.1, 0.15) is 5.75 Å². The largest absolute Gasteiger partial charge is 0.493 e. The molecule has 0 bridgehead atoms. The van der Waals surface area contributed by atoms with E-state index >= 15 is 0 Å². The Morgan fingerprint density at radius 3 is 2.76 bits per heavy atom. The summed E-state index contributed by atoms with van der Waals surface area (Å²) in [6.07, 6.45) is 6.26. The van der Waals surface area contributed by atoms with Crippen molar-refractivity contribution in [3.05, 3.63) is 90.4 Å². The van der Waals surface area contributed by atoms with Crippen LogP contribution in [0.25, 0.3) is 21.7 Å². The number of H-pyrrole nitrogens is 2. The number of carbonyl (C=O) groups is 1. The van der Waals surface area contributed by atoms with E-state index in [0.717, 1.165) is 57.5 Å². The Balaban J connectivity index is 1.36. The number of carboxylic acids is 1. The van der Waals surface area contributed by atoms with Gasteiger partial charge in [0.05, 0.1) is 13.0 Å². The predicted molar refractivity (Wildman–Crippen MR) is 134 cm³/mol. The summed E-state index contributed by atoms with van der Waals surface area (Å²) in [4.78, 5) is 22.3. The Kier molecular flexibility index (Phi) is 6.16. The molecule has 5 rings (SSSR count). The highest BCUT2D eigenvalue weighted by Crippen LogP contribution is 2.37. The molecule has 0 amide bonds. The number of hydrogen-bond donors (Lipinski definition) is 4. The number of fused-ring (bicyclic) bond motifs is 2. The Bertz CT molecular complexity index is 1400. The number of aliphatic carboxylic acids is 1. The topological polar surface area (TPSA) is 103 Å². The van der Waals surface area contributed by atoms with Crippen LogP contribution >= 0.6 is 0 Å². The van der Waals surface area contributed by atoms with Crippen LogP contribution in [0.1, 0.15) is 29.9 Å². The fourth-order valence-electron chi connectivity index (χ4n) is 4.45. The lowest BCUT2D eigenvalue weighted by Gasteiger charge is -2.18. The van der Waals surface area contributed by atoms with Crippen LogP contribution in [0.4, 0.5) is 5.95 Å². The van der Waals surface area contributed by atoms with Gasteiger partial charge >= 0.3 is 5.97 Å². The van der Waals surface area contributed by atoms with Crippen LogP contribution in [0.5, 0.6) is 5.75 Å². The molecule has 34 heavy (non-hydrogen) atoms. The van der Waals surface area contributed by atoms with E-state index < -0.39 is 5.97 Å². The molecule has 0 aliphatic rings. The monoisotopic (exact) mass is 454 g/mol. The number of nitrogens with zero attached hydrogens (tertiary/aromatic N) is 1. The van der Waals surface area contributed by atoms with E-state index in [4.69, 9.17) is 4.74 Å². The number of aromatic amines is 2. The quantitative estimate of drug-likeness (QED) is 0.208. The van der Waals surface area contributed by atoms with Crippen molar-refractivity contribution < 1.29 is 14.6 Å². The first-order valence-electron chi connectivity index (χ1n) is 11.4. The SMILES string of the molecule is O=C(O)CC(c1cccc2ccccc12)c1c[nH]c2cc(OCCCNc3ncc[nH]3)ccc12. The Hall–Kier alpha value is -4.26. The molecular formula is C27H26N4O3. The highest BCUT2D eigenvalue weighted by molar-refractivity contribution is 5.90. The molecule has 2 heterocycles. The minimum Gasteiger partial charge on any atom is -0.493 e. The second kappa shape index (κ2) is 9.70. The van der Waals surface area contributed by atoms with Crippen LogP contribution < -0.4 is 10.1 Å². The molecular weight excluding hydrogens is 428 g/mol. The number of aromatic nitrogens is 3. The van der Waals surface area contributed by atoms with Crippen LogP contribution in [0.15, 0.2) is 79.3 Å². The number of nitrogens with one attached hydrogen (secondary N) is 3. The normalized spacial score (nSPS) is 12.1. The molecule has 0 aliphatic carbocycles. The second-order valence-corrected chi connectivity index (χ2v) is 8.24. The van der Waals surface area contributed by atoms with E-state index in [1.807, 2.05) is 48.7 Å². The van der Waals surface area contributed by atoms with Crippen molar-refractivity contribution in [2.45, 2.75) is 18.8 Å². The van der Waals surface area contributed by atoms with Gasteiger partial charge in [-0.15, -0.1) is 0 Å². The molecule has 4 N–H and O–H groups in total. The van der Waals surface area contributed by atoms with Crippen molar-refractivity contribution in [1.29, 1.82) is 0 Å². The summed E-state index contributed by atoms with van der Waals surface area (Å²) in [7, 11) is 0. The number of rotatable bonds is 10. The van der Waals surface area contributed by atoms with Gasteiger partial charge in [0.25, 0.3) is 0 Å². The zero-order chi connectivity index (χ0) is 23.3. The number of ether oxygens (including phenoxy) is 1. The first-order chi connectivity index (χ1) is 16.7. The van der Waals surface area contributed by atoms with Crippen molar-refractivity contribution in [2.24, 2.45) is 0 Å². The molecule has 3 aromatic carbocycles. The maximum atomic E-state index is 11.8. The van der Waals surface area contributed by atoms with Gasteiger partial charge in [-0.25, -0.2) is 4.98 Å². The van der Waals surface area contributed by atoms with Crippen LogP contribution in [0.2, 0.25) is 0 Å². The van der Waals surface area contributed by atoms with Gasteiger partial charge in [-0.1, -0.05) is 42.5 Å². The zero-order valence-electron chi connectivity index (χ0n) is 18.6. The van der Waals surface area contributed by atoms with Crippen molar-refractivity contribution in [3.63, 3.8) is 0 Å². The van der Waals surface area contributed by atoms with E-state index in [2.05, 4.69) is 38.5 Å². The molecule has 0 spiro atoms. The van der Waals surface area contributed by atoms with Gasteiger partial charge < -0.3 is 25.1 Å². The van der Waals surface area contributed by atoms with Gasteiger partial charge in [0.2, 0.25) is 0 Å². The number of carboxylic acid groups (broad SMARTS) is 1. The van der Waals surface area contributed by atoms with Gasteiger partial charge in [0.15, 0.2) is 5.95 Å². The Labute approximate surface area is 196 Å². The lowest BCUT2D eigenvalue weighted by molar-refractivity contribution is -0.137. The maximum Gasteiger partial charge on any atom is 0.304 e. The van der Waals surface area contributed by atoms with E-state index in [1.54, 1.807) is 12.4 Å². The summed E-state index contributed by atoms with van der Waals surface area (Å²) >= 11 is 0. The summed E-state index contributed by atoms with van der Waals surface area (Å²) in [5, 5.41) is 16.1. The van der Waals surface area contributed by atoms with Gasteiger partial charge in [-0.05, 0) is 40.5 Å². The number of anilines is 1.